The highest BCUT2D eigenvalue weighted by molar-refractivity contribution is 5.98. The van der Waals surface area contributed by atoms with Crippen molar-refractivity contribution >= 4 is 22.5 Å². The number of likely N-dealkylation sites (tertiary alicyclic amines) is 1. The number of nitrogens with two attached hydrogens (primary N) is 1. The second-order valence-electron chi connectivity index (χ2n) is 5.71. The summed E-state index contributed by atoms with van der Waals surface area (Å²) in [5.41, 5.74) is 8.02. The van der Waals surface area contributed by atoms with Gasteiger partial charge < -0.3 is 20.9 Å². The number of benzene rings is 1. The van der Waals surface area contributed by atoms with E-state index < -0.39 is 0 Å². The van der Waals surface area contributed by atoms with Crippen LogP contribution in [0.3, 0.4) is 0 Å². The highest BCUT2D eigenvalue weighted by Crippen LogP contribution is 2.19. The van der Waals surface area contributed by atoms with Crippen LogP contribution < -0.4 is 11.1 Å². The van der Waals surface area contributed by atoms with Crippen molar-refractivity contribution in [1.29, 1.82) is 0 Å². The monoisotopic (exact) mass is 286 g/mol. The van der Waals surface area contributed by atoms with Crippen molar-refractivity contribution in [2.24, 2.45) is 0 Å². The molecule has 21 heavy (non-hydrogen) atoms. The highest BCUT2D eigenvalue weighted by atomic mass is 16.1. The Morgan fingerprint density at radius 1 is 1.38 bits per heavy atom. The molecule has 1 aliphatic heterocycles. The Hall–Kier alpha value is -2.01. The second-order valence-corrected chi connectivity index (χ2v) is 5.71. The van der Waals surface area contributed by atoms with Gasteiger partial charge in [0, 0.05) is 35.7 Å². The van der Waals surface area contributed by atoms with Crippen LogP contribution in [0.2, 0.25) is 0 Å². The van der Waals surface area contributed by atoms with E-state index in [1.54, 1.807) is 0 Å². The van der Waals surface area contributed by atoms with Gasteiger partial charge in [-0.3, -0.25) is 4.79 Å². The lowest BCUT2D eigenvalue weighted by Gasteiger charge is -2.31. The zero-order valence-corrected chi connectivity index (χ0v) is 12.4. The summed E-state index contributed by atoms with van der Waals surface area (Å²) in [6, 6.07) is 7.75. The van der Waals surface area contributed by atoms with E-state index in [2.05, 4.69) is 22.1 Å². The van der Waals surface area contributed by atoms with Gasteiger partial charge in [-0.25, -0.2) is 0 Å². The van der Waals surface area contributed by atoms with Gasteiger partial charge in [0.25, 0.3) is 5.91 Å². The van der Waals surface area contributed by atoms with Crippen LogP contribution in [0.15, 0.2) is 24.3 Å². The van der Waals surface area contributed by atoms with Crippen LogP contribution in [0, 0.1) is 0 Å². The number of aromatic nitrogens is 1. The Morgan fingerprint density at radius 3 is 2.86 bits per heavy atom. The Morgan fingerprint density at radius 2 is 2.14 bits per heavy atom. The van der Waals surface area contributed by atoms with Gasteiger partial charge in [-0.05, 0) is 43.7 Å². The fraction of sp³-hybridized carbons (Fsp3) is 0.438. The van der Waals surface area contributed by atoms with Crippen LogP contribution in [0.25, 0.3) is 10.9 Å². The SMILES string of the molecule is CCN1CCC(NC(=O)c2cc3cc(N)ccc3[nH]2)CC1. The molecule has 0 spiro atoms. The second kappa shape index (κ2) is 5.77. The molecule has 0 unspecified atom stereocenters. The molecule has 0 radical (unpaired) electrons. The van der Waals surface area contributed by atoms with Crippen LogP contribution in [0.5, 0.6) is 0 Å². The highest BCUT2D eigenvalue weighted by Gasteiger charge is 2.20. The molecule has 3 rings (SSSR count). The first kappa shape index (κ1) is 13.9. The average Bonchev–Trinajstić information content (AvgIpc) is 2.91. The topological polar surface area (TPSA) is 74.2 Å². The first-order chi connectivity index (χ1) is 10.2. The Kier molecular flexibility index (Phi) is 3.84. The number of H-pyrrole nitrogens is 1. The van der Waals surface area contributed by atoms with Crippen molar-refractivity contribution in [2.75, 3.05) is 25.4 Å². The molecule has 5 heteroatoms. The van der Waals surface area contributed by atoms with Crippen LogP contribution in [-0.2, 0) is 0 Å². The van der Waals surface area contributed by atoms with E-state index in [0.29, 0.717) is 11.4 Å². The normalized spacial score (nSPS) is 17.2. The average molecular weight is 286 g/mol. The van der Waals surface area contributed by atoms with E-state index in [-0.39, 0.29) is 11.9 Å². The van der Waals surface area contributed by atoms with Gasteiger partial charge in [-0.1, -0.05) is 6.92 Å². The molecule has 2 aromatic rings. The molecular formula is C16H22N4O. The minimum atomic E-state index is -0.0280. The van der Waals surface area contributed by atoms with Gasteiger partial charge in [-0.15, -0.1) is 0 Å². The van der Waals surface area contributed by atoms with Crippen molar-refractivity contribution in [2.45, 2.75) is 25.8 Å². The fourth-order valence-corrected chi connectivity index (χ4v) is 2.93. The Bertz CT molecular complexity index is 641. The van der Waals surface area contributed by atoms with Gasteiger partial charge in [0.15, 0.2) is 0 Å². The number of hydrogen-bond donors (Lipinski definition) is 3. The summed E-state index contributed by atoms with van der Waals surface area (Å²) < 4.78 is 0. The number of carbonyl (C=O) groups is 1. The quantitative estimate of drug-likeness (QED) is 0.755. The maximum absolute atomic E-state index is 12.3. The molecule has 1 amide bonds. The van der Waals surface area contributed by atoms with E-state index >= 15 is 0 Å². The van der Waals surface area contributed by atoms with E-state index in [1.807, 2.05) is 24.3 Å². The Balaban J connectivity index is 1.67. The van der Waals surface area contributed by atoms with Crippen molar-refractivity contribution in [1.82, 2.24) is 15.2 Å². The molecule has 4 N–H and O–H groups in total. The molecular weight excluding hydrogens is 264 g/mol. The Labute approximate surface area is 124 Å². The summed E-state index contributed by atoms with van der Waals surface area (Å²) in [4.78, 5) is 17.9. The number of hydrogen-bond acceptors (Lipinski definition) is 3. The summed E-state index contributed by atoms with van der Waals surface area (Å²) in [5, 5.41) is 4.10. The molecule has 5 nitrogen and oxygen atoms in total. The van der Waals surface area contributed by atoms with Gasteiger partial charge in [-0.2, -0.15) is 0 Å². The molecule has 1 fully saturated rings. The molecule has 0 saturated carbocycles. The summed E-state index contributed by atoms with van der Waals surface area (Å²) in [6.45, 7) is 5.38. The van der Waals surface area contributed by atoms with Crippen LogP contribution >= 0.6 is 0 Å². The maximum atomic E-state index is 12.3. The first-order valence-corrected chi connectivity index (χ1v) is 7.57. The minimum Gasteiger partial charge on any atom is -0.399 e. The number of piperidine rings is 1. The lowest BCUT2D eigenvalue weighted by molar-refractivity contribution is 0.0908. The largest absolute Gasteiger partial charge is 0.399 e. The predicted molar refractivity (Wildman–Crippen MR) is 85.3 cm³/mol. The molecule has 112 valence electrons. The molecule has 1 saturated heterocycles. The molecule has 0 aliphatic carbocycles. The van der Waals surface area contributed by atoms with Crippen LogP contribution in [0.4, 0.5) is 5.69 Å². The zero-order valence-electron chi connectivity index (χ0n) is 12.4. The maximum Gasteiger partial charge on any atom is 0.267 e. The minimum absolute atomic E-state index is 0.0280. The predicted octanol–water partition coefficient (Wildman–Crippen LogP) is 1.96. The number of nitrogens with one attached hydrogen (secondary N) is 2. The molecule has 0 atom stereocenters. The van der Waals surface area contributed by atoms with Gasteiger partial charge in [0.2, 0.25) is 0 Å². The first-order valence-electron chi connectivity index (χ1n) is 7.57. The number of aromatic amines is 1. The zero-order chi connectivity index (χ0) is 14.8. The lowest BCUT2D eigenvalue weighted by Crippen LogP contribution is -2.44. The standard InChI is InChI=1S/C16H22N4O/c1-2-20-7-5-13(6-8-20)18-16(21)15-10-11-9-12(17)3-4-14(11)19-15/h3-4,9-10,13,19H,2,5-8,17H2,1H3,(H,18,21). The third kappa shape index (κ3) is 3.03. The van der Waals surface area contributed by atoms with E-state index in [9.17, 15) is 4.79 Å². The molecule has 2 heterocycles. The number of fused-ring (bicyclic) bond motifs is 1. The number of nitrogen functional groups attached to an aromatic ring is 1. The molecule has 1 aromatic carbocycles. The fourth-order valence-electron chi connectivity index (χ4n) is 2.93. The summed E-state index contributed by atoms with van der Waals surface area (Å²) >= 11 is 0. The lowest BCUT2D eigenvalue weighted by atomic mass is 10.0. The van der Waals surface area contributed by atoms with E-state index in [4.69, 9.17) is 5.73 Å². The van der Waals surface area contributed by atoms with Crippen LogP contribution in [-0.4, -0.2) is 41.5 Å². The third-order valence-corrected chi connectivity index (χ3v) is 4.26. The van der Waals surface area contributed by atoms with Gasteiger partial charge in [0.1, 0.15) is 5.69 Å². The molecule has 1 aromatic heterocycles. The number of amides is 1. The molecule has 0 bridgehead atoms. The number of carbonyl (C=O) groups excluding carboxylic acids is 1. The molecule has 1 aliphatic rings. The summed E-state index contributed by atoms with van der Waals surface area (Å²) in [6.07, 6.45) is 2.04. The number of anilines is 1. The number of rotatable bonds is 3. The van der Waals surface area contributed by atoms with Crippen LogP contribution in [0.1, 0.15) is 30.3 Å². The number of nitrogens with zero attached hydrogens (tertiary/aromatic N) is 1. The van der Waals surface area contributed by atoms with Crippen molar-refractivity contribution in [3.63, 3.8) is 0 Å². The summed E-state index contributed by atoms with van der Waals surface area (Å²) in [7, 11) is 0. The smallest absolute Gasteiger partial charge is 0.267 e. The van der Waals surface area contributed by atoms with Crippen molar-refractivity contribution in [3.8, 4) is 0 Å². The van der Waals surface area contributed by atoms with Crippen molar-refractivity contribution in [3.05, 3.63) is 30.0 Å². The van der Waals surface area contributed by atoms with Gasteiger partial charge in [0.05, 0.1) is 0 Å². The van der Waals surface area contributed by atoms with Gasteiger partial charge >= 0.3 is 0 Å². The van der Waals surface area contributed by atoms with Crippen molar-refractivity contribution < 1.29 is 4.79 Å². The van der Waals surface area contributed by atoms with E-state index in [1.165, 1.54) is 0 Å². The summed E-state index contributed by atoms with van der Waals surface area (Å²) in [5.74, 6) is -0.0280. The van der Waals surface area contributed by atoms with E-state index in [0.717, 1.165) is 43.4 Å². The third-order valence-electron chi connectivity index (χ3n) is 4.26.